The van der Waals surface area contributed by atoms with Gasteiger partial charge in [-0.05, 0) is 78.5 Å². The lowest BCUT2D eigenvalue weighted by molar-refractivity contribution is 0.635. The molecular formula is C48H32O4P2. The second-order valence-electron chi connectivity index (χ2n) is 13.8. The van der Waals surface area contributed by atoms with E-state index in [0.717, 1.165) is 76.5 Å². The molecule has 0 N–H and O–H groups in total. The molecule has 258 valence electrons. The Labute approximate surface area is 311 Å². The van der Waals surface area contributed by atoms with Crippen LogP contribution in [-0.4, -0.2) is 0 Å². The van der Waals surface area contributed by atoms with Gasteiger partial charge in [0.2, 0.25) is 16.0 Å². The van der Waals surface area contributed by atoms with E-state index in [0.29, 0.717) is 12.3 Å². The highest BCUT2D eigenvalue weighted by atomic mass is 31.1. The Hall–Kier alpha value is -6.18. The molecule has 0 saturated heterocycles. The summed E-state index contributed by atoms with van der Waals surface area (Å²) in [7, 11) is -2.80. The summed E-state index contributed by atoms with van der Waals surface area (Å²) in [5, 5.41) is 13.6. The SMILES string of the molecule is c1ccc(Cp2oc3ccc4ccccc4c3c3c(ccc4ccccc43)o2)c(Cp2oc3ccc4ccccc4c3c3c(ccc4ccccc43)o2)c1. The van der Waals surface area contributed by atoms with Gasteiger partial charge in [0.1, 0.15) is 22.3 Å². The Balaban J connectivity index is 1.10. The Morgan fingerprint density at radius 1 is 0.278 bits per heavy atom. The molecule has 0 aliphatic heterocycles. The smallest absolute Gasteiger partial charge is 0.221 e. The van der Waals surface area contributed by atoms with Crippen molar-refractivity contribution in [3.05, 3.63) is 181 Å². The van der Waals surface area contributed by atoms with Crippen LogP contribution in [0, 0.1) is 0 Å². The summed E-state index contributed by atoms with van der Waals surface area (Å²) in [5.41, 5.74) is 5.71. The first kappa shape index (κ1) is 31.4. The van der Waals surface area contributed by atoms with Crippen LogP contribution >= 0.6 is 16.0 Å². The molecule has 6 heteroatoms. The van der Waals surface area contributed by atoms with Crippen LogP contribution in [0.25, 0.3) is 87.0 Å². The van der Waals surface area contributed by atoms with Crippen molar-refractivity contribution < 1.29 is 16.8 Å². The number of hydrogen-bond donors (Lipinski definition) is 0. The lowest BCUT2D eigenvalue weighted by atomic mass is 9.99. The average molecular weight is 735 g/mol. The zero-order valence-corrected chi connectivity index (χ0v) is 30.9. The van der Waals surface area contributed by atoms with Crippen molar-refractivity contribution in [2.45, 2.75) is 12.3 Å². The first-order valence-corrected chi connectivity index (χ1v) is 20.9. The summed E-state index contributed by atoms with van der Waals surface area (Å²) < 4.78 is 27.7. The van der Waals surface area contributed by atoms with Crippen molar-refractivity contribution in [3.8, 4) is 0 Å². The fourth-order valence-corrected chi connectivity index (χ4v) is 11.1. The summed E-state index contributed by atoms with van der Waals surface area (Å²) in [4.78, 5) is 0. The number of fused-ring (bicyclic) bond motifs is 14. The maximum atomic E-state index is 6.93. The van der Waals surface area contributed by atoms with Gasteiger partial charge in [-0.2, -0.15) is 0 Å². The van der Waals surface area contributed by atoms with Gasteiger partial charge in [0.05, 0.1) is 12.3 Å². The molecule has 2 aromatic heterocycles. The van der Waals surface area contributed by atoms with Gasteiger partial charge in [-0.15, -0.1) is 0 Å². The Morgan fingerprint density at radius 2 is 0.537 bits per heavy atom. The summed E-state index contributed by atoms with van der Waals surface area (Å²) in [6.45, 7) is 0. The minimum absolute atomic E-state index is 0.607. The monoisotopic (exact) mass is 734 g/mol. The van der Waals surface area contributed by atoms with Crippen molar-refractivity contribution in [1.82, 2.24) is 0 Å². The quantitative estimate of drug-likeness (QED) is 0.181. The maximum absolute atomic E-state index is 6.93. The van der Waals surface area contributed by atoms with E-state index in [1.807, 2.05) is 0 Å². The summed E-state index contributed by atoms with van der Waals surface area (Å²) in [6, 6.07) is 59.7. The third-order valence-electron chi connectivity index (χ3n) is 10.6. The van der Waals surface area contributed by atoms with Gasteiger partial charge in [-0.1, -0.05) is 146 Å². The predicted octanol–water partition coefficient (Wildman–Crippen LogP) is 15.6. The molecule has 2 heterocycles. The van der Waals surface area contributed by atoms with Crippen LogP contribution in [0.4, 0.5) is 0 Å². The summed E-state index contributed by atoms with van der Waals surface area (Å²) in [5.74, 6) is 0. The molecule has 0 amide bonds. The molecule has 0 fully saturated rings. The molecule has 0 radical (unpaired) electrons. The Kier molecular flexibility index (Phi) is 7.40. The van der Waals surface area contributed by atoms with Crippen LogP contribution in [-0.2, 0) is 12.3 Å². The zero-order valence-electron chi connectivity index (χ0n) is 29.1. The maximum Gasteiger partial charge on any atom is 0.221 e. The van der Waals surface area contributed by atoms with Gasteiger partial charge >= 0.3 is 0 Å². The highest BCUT2D eigenvalue weighted by Gasteiger charge is 2.17. The lowest BCUT2D eigenvalue weighted by Crippen LogP contribution is -1.89. The molecule has 0 atom stereocenters. The topological polar surface area (TPSA) is 52.6 Å². The van der Waals surface area contributed by atoms with Gasteiger partial charge in [-0.25, -0.2) is 0 Å². The molecule has 0 spiro atoms. The van der Waals surface area contributed by atoms with Gasteiger partial charge in [0.15, 0.2) is 0 Å². The van der Waals surface area contributed by atoms with Crippen LogP contribution < -0.4 is 0 Å². The molecule has 0 bridgehead atoms. The first-order valence-electron chi connectivity index (χ1n) is 18.2. The number of rotatable bonds is 4. The first-order chi connectivity index (χ1) is 26.7. The van der Waals surface area contributed by atoms with Gasteiger partial charge in [0.25, 0.3) is 0 Å². The predicted molar refractivity (Wildman–Crippen MR) is 227 cm³/mol. The molecule has 9 aromatic carbocycles. The van der Waals surface area contributed by atoms with Crippen molar-refractivity contribution in [2.75, 3.05) is 0 Å². The third kappa shape index (κ3) is 5.22. The van der Waals surface area contributed by atoms with Gasteiger partial charge in [0, 0.05) is 21.5 Å². The molecule has 0 saturated carbocycles. The van der Waals surface area contributed by atoms with Crippen LogP contribution in [0.1, 0.15) is 11.1 Å². The molecule has 0 unspecified atom stereocenters. The molecule has 0 aliphatic carbocycles. The molecule has 4 nitrogen and oxygen atoms in total. The molecular weight excluding hydrogens is 702 g/mol. The van der Waals surface area contributed by atoms with Crippen molar-refractivity contribution in [3.63, 3.8) is 0 Å². The Bertz CT molecular complexity index is 2940. The third-order valence-corrected chi connectivity index (χ3v) is 13.4. The summed E-state index contributed by atoms with van der Waals surface area (Å²) in [6.07, 6.45) is 1.21. The Morgan fingerprint density at radius 3 is 0.833 bits per heavy atom. The van der Waals surface area contributed by atoms with Crippen molar-refractivity contribution in [2.24, 2.45) is 0 Å². The van der Waals surface area contributed by atoms with E-state index in [9.17, 15) is 0 Å². The fraction of sp³-hybridized carbons (Fsp3) is 0.0417. The molecule has 11 rings (SSSR count). The van der Waals surface area contributed by atoms with Gasteiger partial charge < -0.3 is 16.8 Å². The fourth-order valence-electron chi connectivity index (χ4n) is 8.09. The number of benzene rings is 9. The van der Waals surface area contributed by atoms with Crippen LogP contribution in [0.15, 0.2) is 187 Å². The lowest BCUT2D eigenvalue weighted by Gasteiger charge is -2.07. The van der Waals surface area contributed by atoms with E-state index in [1.165, 1.54) is 21.5 Å². The highest BCUT2D eigenvalue weighted by molar-refractivity contribution is 7.37. The molecule has 11 aromatic rings. The average Bonchev–Trinajstić information content (AvgIpc) is 3.49. The van der Waals surface area contributed by atoms with Gasteiger partial charge in [-0.3, -0.25) is 0 Å². The van der Waals surface area contributed by atoms with Crippen LogP contribution in [0.5, 0.6) is 0 Å². The van der Waals surface area contributed by atoms with E-state index in [1.54, 1.807) is 0 Å². The second kappa shape index (κ2) is 12.7. The zero-order chi connectivity index (χ0) is 35.6. The highest BCUT2D eigenvalue weighted by Crippen LogP contribution is 2.45. The van der Waals surface area contributed by atoms with Crippen LogP contribution in [0.3, 0.4) is 0 Å². The van der Waals surface area contributed by atoms with E-state index in [2.05, 4.69) is 170 Å². The van der Waals surface area contributed by atoms with E-state index >= 15 is 0 Å². The van der Waals surface area contributed by atoms with E-state index < -0.39 is 16.0 Å². The second-order valence-corrected chi connectivity index (χ2v) is 16.4. The largest absolute Gasteiger partial charge is 0.419 e. The molecule has 0 aliphatic rings. The minimum Gasteiger partial charge on any atom is -0.419 e. The summed E-state index contributed by atoms with van der Waals surface area (Å²) >= 11 is 0. The van der Waals surface area contributed by atoms with Crippen molar-refractivity contribution >= 4 is 103 Å². The normalized spacial score (nSPS) is 11.9. The van der Waals surface area contributed by atoms with E-state index in [-0.39, 0.29) is 0 Å². The van der Waals surface area contributed by atoms with E-state index in [4.69, 9.17) is 16.8 Å². The minimum atomic E-state index is -1.40. The molecule has 54 heavy (non-hydrogen) atoms. The van der Waals surface area contributed by atoms with Crippen molar-refractivity contribution in [1.29, 1.82) is 0 Å². The number of hydrogen-bond acceptors (Lipinski definition) is 4. The standard InChI is InChI=1S/C48H32O4P2/c1-2-16-36(30-54-51-43-27-23-33-13-5-9-19-39(33)47(43)48-40-20-10-6-14-34(40)24-28-44(48)52-54)35(15-1)29-53-49-41-25-21-31-11-3-7-17-37(31)45(41)46-38-18-8-4-12-32(38)22-26-42(46)50-53/h1-28H,29-30H2. The van der Waals surface area contributed by atoms with Crippen LogP contribution in [0.2, 0.25) is 0 Å².